The van der Waals surface area contributed by atoms with Gasteiger partial charge in [-0.3, -0.25) is 0 Å². The number of carbonyl (C=O) groups is 1. The fourth-order valence-corrected chi connectivity index (χ4v) is 1.95. The van der Waals surface area contributed by atoms with Gasteiger partial charge in [0.15, 0.2) is 0 Å². The molecule has 0 spiro atoms. The number of carboxylic acid groups (broad SMARTS) is 1. The average molecular weight is 250 g/mol. The number of benzene rings is 1. The van der Waals surface area contributed by atoms with E-state index in [9.17, 15) is 9.90 Å². The van der Waals surface area contributed by atoms with Gasteiger partial charge in [-0.15, -0.1) is 0 Å². The molecule has 0 saturated carbocycles. The third-order valence-electron chi connectivity index (χ3n) is 2.75. The molecule has 0 saturated heterocycles. The lowest BCUT2D eigenvalue weighted by Crippen LogP contribution is -2.35. The van der Waals surface area contributed by atoms with Crippen LogP contribution in [0.5, 0.6) is 0 Å². The van der Waals surface area contributed by atoms with Crippen LogP contribution in [0.3, 0.4) is 0 Å². The zero-order chi connectivity index (χ0) is 13.9. The second-order valence-electron chi connectivity index (χ2n) is 5.22. The number of rotatable bonds is 5. The number of nitrogen functional groups attached to an aromatic ring is 1. The number of hydrogen-bond donors (Lipinski definition) is 2. The maximum atomic E-state index is 11.3. The maximum absolute atomic E-state index is 11.3. The van der Waals surface area contributed by atoms with Crippen LogP contribution >= 0.6 is 0 Å². The molecule has 0 aromatic heterocycles. The smallest absolute Gasteiger partial charge is 0.337 e. The number of anilines is 2. The Morgan fingerprint density at radius 2 is 1.94 bits per heavy atom. The lowest BCUT2D eigenvalue weighted by atomic mass is 10.1. The number of aromatic carboxylic acids is 1. The van der Waals surface area contributed by atoms with E-state index in [0.717, 1.165) is 6.54 Å². The average Bonchev–Trinajstić information content (AvgIpc) is 2.24. The van der Waals surface area contributed by atoms with Crippen molar-refractivity contribution in [2.75, 3.05) is 17.2 Å². The second kappa shape index (κ2) is 5.76. The molecule has 0 amide bonds. The lowest BCUT2D eigenvalue weighted by Gasteiger charge is -2.32. The number of nitrogens with zero attached hydrogens (tertiary/aromatic N) is 1. The highest BCUT2D eigenvalue weighted by molar-refractivity contribution is 5.95. The highest BCUT2D eigenvalue weighted by Gasteiger charge is 2.19. The molecule has 0 bridgehead atoms. The third-order valence-corrected chi connectivity index (χ3v) is 2.75. The van der Waals surface area contributed by atoms with Crippen LogP contribution in [0.4, 0.5) is 11.4 Å². The summed E-state index contributed by atoms with van der Waals surface area (Å²) in [5.41, 5.74) is 7.37. The number of carboxylic acids is 1. The molecule has 0 aliphatic carbocycles. The van der Waals surface area contributed by atoms with Crippen LogP contribution in [0, 0.1) is 5.92 Å². The minimum atomic E-state index is -0.917. The van der Waals surface area contributed by atoms with Gasteiger partial charge in [-0.2, -0.15) is 0 Å². The Bertz CT molecular complexity index is 428. The highest BCUT2D eigenvalue weighted by atomic mass is 16.4. The summed E-state index contributed by atoms with van der Waals surface area (Å²) in [5, 5.41) is 9.25. The molecule has 100 valence electrons. The summed E-state index contributed by atoms with van der Waals surface area (Å²) in [4.78, 5) is 13.4. The molecule has 3 N–H and O–H groups in total. The van der Waals surface area contributed by atoms with Crippen molar-refractivity contribution in [3.63, 3.8) is 0 Å². The van der Waals surface area contributed by atoms with Crippen LogP contribution in [0.15, 0.2) is 18.2 Å². The molecular weight excluding hydrogens is 228 g/mol. The quantitative estimate of drug-likeness (QED) is 0.789. The van der Waals surface area contributed by atoms with Crippen molar-refractivity contribution in [3.8, 4) is 0 Å². The van der Waals surface area contributed by atoms with Crippen LogP contribution in [-0.4, -0.2) is 23.7 Å². The van der Waals surface area contributed by atoms with Crippen LogP contribution in [0.2, 0.25) is 0 Å². The third kappa shape index (κ3) is 3.39. The Morgan fingerprint density at radius 1 is 1.33 bits per heavy atom. The summed E-state index contributed by atoms with van der Waals surface area (Å²) in [6.45, 7) is 9.14. The molecule has 4 heteroatoms. The molecule has 1 aromatic rings. The first-order chi connectivity index (χ1) is 8.32. The summed E-state index contributed by atoms with van der Waals surface area (Å²) in [7, 11) is 0. The van der Waals surface area contributed by atoms with Crippen molar-refractivity contribution in [1.29, 1.82) is 0 Å². The van der Waals surface area contributed by atoms with E-state index in [0.29, 0.717) is 22.9 Å². The topological polar surface area (TPSA) is 66.6 Å². The molecule has 0 aliphatic rings. The van der Waals surface area contributed by atoms with Gasteiger partial charge in [0.05, 0.1) is 11.3 Å². The van der Waals surface area contributed by atoms with Crippen molar-refractivity contribution >= 4 is 17.3 Å². The number of nitrogens with two attached hydrogens (primary N) is 1. The van der Waals surface area contributed by atoms with Gasteiger partial charge < -0.3 is 15.7 Å². The summed E-state index contributed by atoms with van der Waals surface area (Å²) in [6, 6.07) is 5.17. The zero-order valence-corrected chi connectivity index (χ0v) is 11.5. The summed E-state index contributed by atoms with van der Waals surface area (Å²) >= 11 is 0. The first-order valence-corrected chi connectivity index (χ1v) is 6.22. The van der Waals surface area contributed by atoms with Gasteiger partial charge in [0.25, 0.3) is 0 Å². The van der Waals surface area contributed by atoms with Gasteiger partial charge >= 0.3 is 5.97 Å². The Hall–Kier alpha value is -1.71. The molecule has 18 heavy (non-hydrogen) atoms. The van der Waals surface area contributed by atoms with E-state index in [1.54, 1.807) is 18.2 Å². The molecule has 4 nitrogen and oxygen atoms in total. The van der Waals surface area contributed by atoms with Crippen LogP contribution in [0.1, 0.15) is 38.1 Å². The molecule has 0 radical (unpaired) electrons. The van der Waals surface area contributed by atoms with Crippen molar-refractivity contribution in [3.05, 3.63) is 23.8 Å². The SMILES string of the molecule is CC(C)CN(c1cc(N)ccc1C(=O)O)C(C)C. The largest absolute Gasteiger partial charge is 0.478 e. The van der Waals surface area contributed by atoms with E-state index < -0.39 is 5.97 Å². The van der Waals surface area contributed by atoms with E-state index in [4.69, 9.17) is 5.73 Å². The predicted molar refractivity (Wildman–Crippen MR) is 75.1 cm³/mol. The number of hydrogen-bond acceptors (Lipinski definition) is 3. The van der Waals surface area contributed by atoms with Crippen LogP contribution < -0.4 is 10.6 Å². The monoisotopic (exact) mass is 250 g/mol. The standard InChI is InChI=1S/C14H22N2O2/c1-9(2)8-16(10(3)4)13-7-11(15)5-6-12(13)14(17)18/h5-7,9-10H,8,15H2,1-4H3,(H,17,18). The van der Waals surface area contributed by atoms with E-state index in [2.05, 4.69) is 32.6 Å². The molecule has 0 unspecified atom stereocenters. The molecular formula is C14H22N2O2. The van der Waals surface area contributed by atoms with Crippen molar-refractivity contribution in [2.45, 2.75) is 33.7 Å². The first kappa shape index (κ1) is 14.4. The minimum absolute atomic E-state index is 0.229. The fraction of sp³-hybridized carbons (Fsp3) is 0.500. The lowest BCUT2D eigenvalue weighted by molar-refractivity contribution is 0.0697. The molecule has 0 atom stereocenters. The minimum Gasteiger partial charge on any atom is -0.478 e. The molecule has 1 rings (SSSR count). The summed E-state index contributed by atoms with van der Waals surface area (Å²) < 4.78 is 0. The molecule has 0 heterocycles. The van der Waals surface area contributed by atoms with E-state index >= 15 is 0 Å². The van der Waals surface area contributed by atoms with E-state index in [1.807, 2.05) is 0 Å². The normalized spacial score (nSPS) is 11.0. The highest BCUT2D eigenvalue weighted by Crippen LogP contribution is 2.26. The van der Waals surface area contributed by atoms with Crippen molar-refractivity contribution in [1.82, 2.24) is 0 Å². The summed E-state index contributed by atoms with van der Waals surface area (Å²) in [5.74, 6) is -0.463. The van der Waals surface area contributed by atoms with Crippen LogP contribution in [-0.2, 0) is 0 Å². The van der Waals surface area contributed by atoms with Gasteiger partial charge in [0.2, 0.25) is 0 Å². The fourth-order valence-electron chi connectivity index (χ4n) is 1.95. The Balaban J connectivity index is 3.25. The zero-order valence-electron chi connectivity index (χ0n) is 11.5. The van der Waals surface area contributed by atoms with E-state index in [1.165, 1.54) is 0 Å². The molecule has 1 aromatic carbocycles. The van der Waals surface area contributed by atoms with Crippen LogP contribution in [0.25, 0.3) is 0 Å². The van der Waals surface area contributed by atoms with E-state index in [-0.39, 0.29) is 6.04 Å². The Labute approximate surface area is 108 Å². The predicted octanol–water partition coefficient (Wildman–Crippen LogP) is 2.84. The first-order valence-electron chi connectivity index (χ1n) is 6.22. The molecule has 0 aliphatic heterocycles. The van der Waals surface area contributed by atoms with Gasteiger partial charge in [0, 0.05) is 18.3 Å². The van der Waals surface area contributed by atoms with Crippen molar-refractivity contribution in [2.24, 2.45) is 5.92 Å². The molecule has 0 fully saturated rings. The maximum Gasteiger partial charge on any atom is 0.337 e. The summed E-state index contributed by atoms with van der Waals surface area (Å²) in [6.07, 6.45) is 0. The van der Waals surface area contributed by atoms with Gasteiger partial charge in [0.1, 0.15) is 0 Å². The second-order valence-corrected chi connectivity index (χ2v) is 5.22. The Kier molecular flexibility index (Phi) is 4.59. The van der Waals surface area contributed by atoms with Gasteiger partial charge in [-0.1, -0.05) is 13.8 Å². The van der Waals surface area contributed by atoms with Crippen molar-refractivity contribution < 1.29 is 9.90 Å². The Morgan fingerprint density at radius 3 is 2.39 bits per heavy atom. The van der Waals surface area contributed by atoms with Gasteiger partial charge in [-0.25, -0.2) is 4.79 Å². The van der Waals surface area contributed by atoms with Gasteiger partial charge in [-0.05, 0) is 38.0 Å².